The highest BCUT2D eigenvalue weighted by atomic mass is 32.2. The van der Waals surface area contributed by atoms with E-state index in [9.17, 15) is 8.42 Å². The largest absolute Gasteiger partial charge is 0.326 e. The van der Waals surface area contributed by atoms with Gasteiger partial charge in [-0.25, -0.2) is 8.42 Å². The van der Waals surface area contributed by atoms with Crippen molar-refractivity contribution in [3.8, 4) is 0 Å². The quantitative estimate of drug-likeness (QED) is 0.905. The summed E-state index contributed by atoms with van der Waals surface area (Å²) in [5.41, 5.74) is 6.06. The third-order valence-corrected chi connectivity index (χ3v) is 7.23. The van der Waals surface area contributed by atoms with E-state index in [1.54, 1.807) is 10.4 Å². The molecule has 2 atom stereocenters. The molecule has 2 N–H and O–H groups in total. The summed E-state index contributed by atoms with van der Waals surface area (Å²) in [4.78, 5) is 1.10. The molecular formula is C13H22N2O2S2. The maximum absolute atomic E-state index is 12.5. The van der Waals surface area contributed by atoms with E-state index >= 15 is 0 Å². The van der Waals surface area contributed by atoms with Gasteiger partial charge in [-0.05, 0) is 30.9 Å². The normalized spacial score (nSPS) is 25.0. The number of nitrogens with two attached hydrogens (primary N) is 1. The lowest BCUT2D eigenvalue weighted by molar-refractivity contribution is 0.440. The molecule has 0 radical (unpaired) electrons. The average molecular weight is 302 g/mol. The fourth-order valence-electron chi connectivity index (χ4n) is 2.54. The van der Waals surface area contributed by atoms with Crippen molar-refractivity contribution < 1.29 is 8.42 Å². The van der Waals surface area contributed by atoms with Crippen LogP contribution in [-0.4, -0.2) is 31.9 Å². The minimum Gasteiger partial charge on any atom is -0.326 e. The third-order valence-electron chi connectivity index (χ3n) is 3.70. The first-order valence-corrected chi connectivity index (χ1v) is 9.09. The maximum atomic E-state index is 12.5. The Labute approximate surface area is 119 Å². The Bertz CT molecular complexity index is 525. The van der Waals surface area contributed by atoms with Gasteiger partial charge >= 0.3 is 0 Å². The molecule has 0 spiro atoms. The van der Waals surface area contributed by atoms with Gasteiger partial charge in [0.25, 0.3) is 10.0 Å². The molecule has 108 valence electrons. The molecule has 0 saturated carbocycles. The molecule has 2 rings (SSSR count). The second-order valence-corrected chi connectivity index (χ2v) is 8.44. The van der Waals surface area contributed by atoms with Crippen LogP contribution in [0.1, 0.15) is 31.6 Å². The average Bonchev–Trinajstić information content (AvgIpc) is 2.98. The van der Waals surface area contributed by atoms with Gasteiger partial charge in [0, 0.05) is 24.0 Å². The van der Waals surface area contributed by atoms with Gasteiger partial charge in [0.2, 0.25) is 0 Å². The molecular weight excluding hydrogens is 280 g/mol. The van der Waals surface area contributed by atoms with Crippen molar-refractivity contribution in [1.29, 1.82) is 0 Å². The summed E-state index contributed by atoms with van der Waals surface area (Å²) >= 11 is 1.37. The summed E-state index contributed by atoms with van der Waals surface area (Å²) in [6, 6.07) is 3.59. The van der Waals surface area contributed by atoms with Gasteiger partial charge in [0.1, 0.15) is 4.21 Å². The highest BCUT2D eigenvalue weighted by Gasteiger charge is 2.37. The number of sulfonamides is 1. The molecule has 1 aliphatic rings. The lowest BCUT2D eigenvalue weighted by atomic mass is 9.99. The van der Waals surface area contributed by atoms with Crippen LogP contribution in [0.5, 0.6) is 0 Å². The van der Waals surface area contributed by atoms with E-state index in [4.69, 9.17) is 5.73 Å². The fourth-order valence-corrected chi connectivity index (χ4v) is 5.53. The molecule has 0 amide bonds. The fraction of sp³-hybridized carbons (Fsp3) is 0.692. The first-order valence-electron chi connectivity index (χ1n) is 6.83. The van der Waals surface area contributed by atoms with Crippen molar-refractivity contribution in [3.63, 3.8) is 0 Å². The molecule has 1 aromatic rings. The van der Waals surface area contributed by atoms with Crippen LogP contribution in [0.2, 0.25) is 0 Å². The molecule has 0 bridgehead atoms. The van der Waals surface area contributed by atoms with Gasteiger partial charge in [-0.1, -0.05) is 20.3 Å². The van der Waals surface area contributed by atoms with Crippen LogP contribution in [0.15, 0.2) is 16.3 Å². The van der Waals surface area contributed by atoms with Crippen molar-refractivity contribution in [2.75, 3.05) is 13.1 Å². The van der Waals surface area contributed by atoms with Gasteiger partial charge in [-0.3, -0.25) is 0 Å². The van der Waals surface area contributed by atoms with Crippen molar-refractivity contribution in [2.45, 2.75) is 43.4 Å². The molecule has 4 nitrogen and oxygen atoms in total. The summed E-state index contributed by atoms with van der Waals surface area (Å²) < 4.78 is 27.1. The Hall–Kier alpha value is -0.430. The summed E-state index contributed by atoms with van der Waals surface area (Å²) in [6.07, 6.45) is 2.92. The smallest absolute Gasteiger partial charge is 0.252 e. The highest BCUT2D eigenvalue weighted by molar-refractivity contribution is 7.91. The highest BCUT2D eigenvalue weighted by Crippen LogP contribution is 2.30. The van der Waals surface area contributed by atoms with Crippen LogP contribution in [0.25, 0.3) is 0 Å². The first kappa shape index (κ1) is 15.0. The van der Waals surface area contributed by atoms with Crippen LogP contribution in [0, 0.1) is 5.92 Å². The van der Waals surface area contributed by atoms with Crippen LogP contribution in [-0.2, 0) is 16.4 Å². The van der Waals surface area contributed by atoms with Crippen molar-refractivity contribution in [1.82, 2.24) is 4.31 Å². The van der Waals surface area contributed by atoms with E-state index in [2.05, 4.69) is 6.92 Å². The first-order chi connectivity index (χ1) is 8.98. The standard InChI is InChI=1S/C13H22N2O2S2/c1-3-5-10-8-15(9-12(10)14)19(16,17)13-7-6-11(4-2)18-13/h6-7,10,12H,3-5,8-9,14H2,1-2H3/t10-,12-/m1/s1. The molecule has 0 aromatic carbocycles. The van der Waals surface area contributed by atoms with Crippen molar-refractivity contribution in [3.05, 3.63) is 17.0 Å². The van der Waals surface area contributed by atoms with E-state index in [0.717, 1.165) is 24.1 Å². The SMILES string of the molecule is CCC[C@@H]1CN(S(=O)(=O)c2ccc(CC)s2)C[C@H]1N. The maximum Gasteiger partial charge on any atom is 0.252 e. The minimum atomic E-state index is -3.34. The Morgan fingerprint density at radius 2 is 2.11 bits per heavy atom. The lowest BCUT2D eigenvalue weighted by Crippen LogP contribution is -2.32. The number of nitrogens with zero attached hydrogens (tertiary/aromatic N) is 1. The number of aryl methyl sites for hydroxylation is 1. The third kappa shape index (κ3) is 3.02. The zero-order valence-corrected chi connectivity index (χ0v) is 13.1. The molecule has 1 aliphatic heterocycles. The molecule has 1 fully saturated rings. The van der Waals surface area contributed by atoms with Crippen LogP contribution < -0.4 is 5.73 Å². The minimum absolute atomic E-state index is 0.0275. The molecule has 0 aliphatic carbocycles. The van der Waals surface area contributed by atoms with Crippen molar-refractivity contribution >= 4 is 21.4 Å². The second kappa shape index (κ2) is 5.91. The number of hydrogen-bond acceptors (Lipinski definition) is 4. The zero-order valence-electron chi connectivity index (χ0n) is 11.5. The van der Waals surface area contributed by atoms with Gasteiger partial charge < -0.3 is 5.73 Å². The van der Waals surface area contributed by atoms with Crippen molar-refractivity contribution in [2.24, 2.45) is 11.7 Å². The van der Waals surface area contributed by atoms with E-state index in [0.29, 0.717) is 23.2 Å². The van der Waals surface area contributed by atoms with Crippen LogP contribution >= 0.6 is 11.3 Å². The van der Waals surface area contributed by atoms with E-state index in [1.165, 1.54) is 11.3 Å². The molecule has 1 saturated heterocycles. The van der Waals surface area contributed by atoms with Crippen LogP contribution in [0.4, 0.5) is 0 Å². The molecule has 19 heavy (non-hydrogen) atoms. The lowest BCUT2D eigenvalue weighted by Gasteiger charge is -2.14. The molecule has 1 aromatic heterocycles. The topological polar surface area (TPSA) is 63.4 Å². The monoisotopic (exact) mass is 302 g/mol. The van der Waals surface area contributed by atoms with E-state index < -0.39 is 10.0 Å². The number of hydrogen-bond donors (Lipinski definition) is 1. The predicted octanol–water partition coefficient (Wildman–Crippen LogP) is 2.06. The second-order valence-electron chi connectivity index (χ2n) is 5.11. The van der Waals surface area contributed by atoms with E-state index in [1.807, 2.05) is 13.0 Å². The Kier molecular flexibility index (Phi) is 4.66. The zero-order chi connectivity index (χ0) is 14.0. The summed E-state index contributed by atoms with van der Waals surface area (Å²) in [5, 5.41) is 0. The number of thiophene rings is 1. The predicted molar refractivity (Wildman–Crippen MR) is 78.8 cm³/mol. The van der Waals surface area contributed by atoms with Gasteiger partial charge in [-0.15, -0.1) is 11.3 Å². The summed E-state index contributed by atoms with van der Waals surface area (Å²) in [6.45, 7) is 5.16. The van der Waals surface area contributed by atoms with E-state index in [-0.39, 0.29) is 6.04 Å². The Balaban J connectivity index is 2.17. The molecule has 0 unspecified atom stereocenters. The van der Waals surface area contributed by atoms with Gasteiger partial charge in [0.05, 0.1) is 0 Å². The Morgan fingerprint density at radius 3 is 2.68 bits per heavy atom. The molecule has 6 heteroatoms. The van der Waals surface area contributed by atoms with Crippen LogP contribution in [0.3, 0.4) is 0 Å². The number of rotatable bonds is 5. The Morgan fingerprint density at radius 1 is 1.37 bits per heavy atom. The summed E-state index contributed by atoms with van der Waals surface area (Å²) in [5.74, 6) is 0.297. The molecule has 2 heterocycles. The van der Waals surface area contributed by atoms with Gasteiger partial charge in [-0.2, -0.15) is 4.31 Å². The van der Waals surface area contributed by atoms with Gasteiger partial charge in [0.15, 0.2) is 0 Å². The summed E-state index contributed by atoms with van der Waals surface area (Å²) in [7, 11) is -3.34.